The van der Waals surface area contributed by atoms with Gasteiger partial charge in [-0.2, -0.15) is 0 Å². The van der Waals surface area contributed by atoms with Crippen LogP contribution in [0, 0.1) is 0 Å². The molecule has 0 aliphatic carbocycles. The quantitative estimate of drug-likeness (QED) is 0.565. The van der Waals surface area contributed by atoms with E-state index in [-0.39, 0.29) is 0 Å². The van der Waals surface area contributed by atoms with Crippen molar-refractivity contribution in [2.45, 2.75) is 0 Å². The van der Waals surface area contributed by atoms with Crippen LogP contribution in [0.25, 0.3) is 22.0 Å². The fraction of sp³-hybridized carbons (Fsp3) is 0. The second kappa shape index (κ2) is 2.69. The molecule has 0 spiro atoms. The van der Waals surface area contributed by atoms with Gasteiger partial charge in [0.2, 0.25) is 0 Å². The van der Waals surface area contributed by atoms with Crippen molar-refractivity contribution < 1.29 is 4.42 Å². The fourth-order valence-corrected chi connectivity index (χ4v) is 1.77. The van der Waals surface area contributed by atoms with E-state index in [1.54, 1.807) is 6.20 Å². The maximum absolute atomic E-state index is 6.03. The number of benzene rings is 1. The lowest BCUT2D eigenvalue weighted by molar-refractivity contribution is 0.604. The number of pyridine rings is 1. The minimum Gasteiger partial charge on any atom is -0.441 e. The summed E-state index contributed by atoms with van der Waals surface area (Å²) in [6.45, 7) is 0. The molecule has 0 unspecified atom stereocenters. The van der Waals surface area contributed by atoms with E-state index in [1.165, 1.54) is 6.39 Å². The average Bonchev–Trinajstić information content (AvgIpc) is 2.67. The molecule has 0 saturated heterocycles. The first kappa shape index (κ1) is 7.76. The molecule has 0 aliphatic rings. The lowest BCUT2D eigenvalue weighted by Gasteiger charge is -1.97. The van der Waals surface area contributed by atoms with Crippen LogP contribution in [0.5, 0.6) is 0 Å². The third-order valence-electron chi connectivity index (χ3n) is 2.13. The van der Waals surface area contributed by atoms with Gasteiger partial charge in [-0.05, 0) is 12.1 Å². The Morgan fingerprint density at radius 3 is 3.07 bits per heavy atom. The van der Waals surface area contributed by atoms with Gasteiger partial charge in [0, 0.05) is 11.6 Å². The number of fused-ring (bicyclic) bond motifs is 3. The highest BCUT2D eigenvalue weighted by molar-refractivity contribution is 6.36. The van der Waals surface area contributed by atoms with E-state index in [1.807, 2.05) is 18.2 Å². The highest BCUT2D eigenvalue weighted by atomic mass is 35.5. The Labute approximate surface area is 84.3 Å². The second-order valence-electron chi connectivity index (χ2n) is 2.96. The van der Waals surface area contributed by atoms with Crippen molar-refractivity contribution in [3.05, 3.63) is 35.8 Å². The number of oxazole rings is 1. The van der Waals surface area contributed by atoms with Gasteiger partial charge in [-0.3, -0.25) is 4.98 Å². The summed E-state index contributed by atoms with van der Waals surface area (Å²) in [6.07, 6.45) is 3.10. The Morgan fingerprint density at radius 2 is 2.14 bits per heavy atom. The number of hydrogen-bond acceptors (Lipinski definition) is 3. The standard InChI is InChI=1S/C10H5ClN2O/c11-7-4-6-2-1-3-12-8(6)10-9(7)13-5-14-10/h1-5H. The summed E-state index contributed by atoms with van der Waals surface area (Å²) in [5, 5.41) is 1.55. The van der Waals surface area contributed by atoms with Crippen molar-refractivity contribution in [3.63, 3.8) is 0 Å². The summed E-state index contributed by atoms with van der Waals surface area (Å²) in [7, 11) is 0. The molecule has 14 heavy (non-hydrogen) atoms. The molecule has 3 rings (SSSR count). The summed E-state index contributed by atoms with van der Waals surface area (Å²) in [4.78, 5) is 8.26. The second-order valence-corrected chi connectivity index (χ2v) is 3.37. The SMILES string of the molecule is Clc1cc2cccnc2c2ocnc12. The Hall–Kier alpha value is -1.61. The molecule has 0 radical (unpaired) electrons. The molecule has 0 aliphatic heterocycles. The monoisotopic (exact) mass is 204 g/mol. The topological polar surface area (TPSA) is 38.9 Å². The molecule has 0 N–H and O–H groups in total. The van der Waals surface area contributed by atoms with Crippen LogP contribution in [0.3, 0.4) is 0 Å². The summed E-state index contributed by atoms with van der Waals surface area (Å²) in [6, 6.07) is 5.64. The molecule has 2 heterocycles. The summed E-state index contributed by atoms with van der Waals surface area (Å²) in [5.41, 5.74) is 2.11. The summed E-state index contributed by atoms with van der Waals surface area (Å²) < 4.78 is 5.25. The smallest absolute Gasteiger partial charge is 0.182 e. The molecular formula is C10H5ClN2O. The Balaban J connectivity index is 2.66. The third kappa shape index (κ3) is 0.930. The highest BCUT2D eigenvalue weighted by Gasteiger charge is 2.09. The number of hydrogen-bond donors (Lipinski definition) is 0. The fourth-order valence-electron chi connectivity index (χ4n) is 1.51. The molecule has 2 aromatic heterocycles. The van der Waals surface area contributed by atoms with E-state index in [0.717, 1.165) is 10.9 Å². The van der Waals surface area contributed by atoms with Crippen molar-refractivity contribution in [1.29, 1.82) is 0 Å². The molecule has 0 bridgehead atoms. The minimum absolute atomic E-state index is 0.592. The lowest BCUT2D eigenvalue weighted by atomic mass is 10.2. The zero-order chi connectivity index (χ0) is 9.54. The van der Waals surface area contributed by atoms with Crippen LogP contribution in [-0.2, 0) is 0 Å². The zero-order valence-corrected chi connectivity index (χ0v) is 7.82. The van der Waals surface area contributed by atoms with E-state index >= 15 is 0 Å². The molecular weight excluding hydrogens is 200 g/mol. The van der Waals surface area contributed by atoms with Crippen LogP contribution in [-0.4, -0.2) is 9.97 Å². The van der Waals surface area contributed by atoms with Crippen LogP contribution in [0.15, 0.2) is 35.2 Å². The zero-order valence-electron chi connectivity index (χ0n) is 7.07. The van der Waals surface area contributed by atoms with Crippen LogP contribution in [0.2, 0.25) is 5.02 Å². The molecule has 68 valence electrons. The van der Waals surface area contributed by atoms with Gasteiger partial charge in [-0.15, -0.1) is 0 Å². The van der Waals surface area contributed by atoms with Gasteiger partial charge < -0.3 is 4.42 Å². The predicted molar refractivity (Wildman–Crippen MR) is 54.3 cm³/mol. The molecule has 0 fully saturated rings. The predicted octanol–water partition coefficient (Wildman–Crippen LogP) is 3.03. The van der Waals surface area contributed by atoms with Crippen LogP contribution < -0.4 is 0 Å². The van der Waals surface area contributed by atoms with E-state index in [9.17, 15) is 0 Å². The molecule has 4 heteroatoms. The normalized spacial score (nSPS) is 11.2. The minimum atomic E-state index is 0.592. The maximum Gasteiger partial charge on any atom is 0.182 e. The summed E-state index contributed by atoms with van der Waals surface area (Å²) in [5.74, 6) is 0. The third-order valence-corrected chi connectivity index (χ3v) is 2.42. The Morgan fingerprint density at radius 1 is 1.21 bits per heavy atom. The van der Waals surface area contributed by atoms with Gasteiger partial charge in [-0.1, -0.05) is 17.7 Å². The van der Waals surface area contributed by atoms with Crippen molar-refractivity contribution in [2.24, 2.45) is 0 Å². The Bertz CT molecular complexity index is 618. The van der Waals surface area contributed by atoms with Crippen molar-refractivity contribution in [3.8, 4) is 0 Å². The summed E-state index contributed by atoms with van der Waals surface area (Å²) >= 11 is 6.03. The molecule has 1 aromatic carbocycles. The van der Waals surface area contributed by atoms with Gasteiger partial charge in [0.15, 0.2) is 12.0 Å². The van der Waals surface area contributed by atoms with Gasteiger partial charge in [-0.25, -0.2) is 4.98 Å². The molecule has 0 saturated carbocycles. The largest absolute Gasteiger partial charge is 0.441 e. The Kier molecular flexibility index (Phi) is 1.49. The first-order valence-electron chi connectivity index (χ1n) is 4.13. The first-order chi connectivity index (χ1) is 6.86. The maximum atomic E-state index is 6.03. The molecule has 3 nitrogen and oxygen atoms in total. The van der Waals surface area contributed by atoms with Crippen molar-refractivity contribution in [1.82, 2.24) is 9.97 Å². The highest BCUT2D eigenvalue weighted by Crippen LogP contribution is 2.29. The van der Waals surface area contributed by atoms with Crippen LogP contribution in [0.1, 0.15) is 0 Å². The van der Waals surface area contributed by atoms with Crippen LogP contribution >= 0.6 is 11.6 Å². The van der Waals surface area contributed by atoms with Crippen LogP contribution in [0.4, 0.5) is 0 Å². The molecule has 3 aromatic rings. The van der Waals surface area contributed by atoms with Gasteiger partial charge in [0.05, 0.1) is 5.02 Å². The van der Waals surface area contributed by atoms with E-state index < -0.39 is 0 Å². The van der Waals surface area contributed by atoms with Gasteiger partial charge in [0.1, 0.15) is 11.0 Å². The first-order valence-corrected chi connectivity index (χ1v) is 4.50. The van der Waals surface area contributed by atoms with Gasteiger partial charge >= 0.3 is 0 Å². The number of rotatable bonds is 0. The number of halogens is 1. The average molecular weight is 205 g/mol. The lowest BCUT2D eigenvalue weighted by Crippen LogP contribution is -1.79. The number of nitrogens with zero attached hydrogens (tertiary/aromatic N) is 2. The van der Waals surface area contributed by atoms with Crippen molar-refractivity contribution >= 4 is 33.6 Å². The van der Waals surface area contributed by atoms with Crippen molar-refractivity contribution in [2.75, 3.05) is 0 Å². The van der Waals surface area contributed by atoms with E-state index in [4.69, 9.17) is 16.0 Å². The molecule has 0 amide bonds. The number of aromatic nitrogens is 2. The molecule has 0 atom stereocenters. The van der Waals surface area contributed by atoms with E-state index in [0.29, 0.717) is 16.1 Å². The van der Waals surface area contributed by atoms with Gasteiger partial charge in [0.25, 0.3) is 0 Å². The van der Waals surface area contributed by atoms with E-state index in [2.05, 4.69) is 9.97 Å².